The smallest absolute Gasteiger partial charge is 0.416 e. The van der Waals surface area contributed by atoms with E-state index < -0.39 is 23.6 Å². The van der Waals surface area contributed by atoms with Gasteiger partial charge in [0.25, 0.3) is 11.8 Å². The number of nitrogens with one attached hydrogen (secondary N) is 2. The fourth-order valence-corrected chi connectivity index (χ4v) is 4.00. The normalized spacial score (nSPS) is 11.1. The summed E-state index contributed by atoms with van der Waals surface area (Å²) in [4.78, 5) is 25.8. The molecular formula is C29H22BrF3N2O3. The molecule has 38 heavy (non-hydrogen) atoms. The van der Waals surface area contributed by atoms with Crippen LogP contribution < -0.4 is 15.4 Å². The van der Waals surface area contributed by atoms with Gasteiger partial charge in [-0.05, 0) is 60.2 Å². The Bertz CT molecular complexity index is 1440. The molecule has 0 atom stereocenters. The lowest BCUT2D eigenvalue weighted by atomic mass is 10.1. The standard InChI is InChI=1S/C29H22BrF3N2O3/c30-22-12-13-26(38-15-14-19-6-2-1-3-7-19)25(18-22)28(37)35-23-10-4-8-20(16-23)27(36)34-24-11-5-9-21(17-24)29(31,32)33/h1-13,16-18H,14-15H2,(H,34,36)(H,35,37). The molecule has 0 unspecified atom stereocenters. The Morgan fingerprint density at radius 3 is 2.18 bits per heavy atom. The van der Waals surface area contributed by atoms with Crippen molar-refractivity contribution in [3.8, 4) is 5.75 Å². The molecule has 0 fully saturated rings. The second-order valence-electron chi connectivity index (χ2n) is 8.29. The first kappa shape index (κ1) is 26.9. The average molecular weight is 583 g/mol. The third-order valence-corrected chi connectivity index (χ3v) is 6.00. The summed E-state index contributed by atoms with van der Waals surface area (Å²) < 4.78 is 45.5. The number of carbonyl (C=O) groups is 2. The minimum Gasteiger partial charge on any atom is -0.492 e. The van der Waals surface area contributed by atoms with Gasteiger partial charge < -0.3 is 15.4 Å². The Kier molecular flexibility index (Phi) is 8.48. The van der Waals surface area contributed by atoms with E-state index in [0.717, 1.165) is 17.7 Å². The quantitative estimate of drug-likeness (QED) is 0.225. The number of hydrogen-bond acceptors (Lipinski definition) is 3. The molecule has 2 N–H and O–H groups in total. The first-order valence-corrected chi connectivity index (χ1v) is 12.3. The number of carbonyl (C=O) groups excluding carboxylic acids is 2. The van der Waals surface area contributed by atoms with Crippen molar-refractivity contribution >= 4 is 39.1 Å². The summed E-state index contributed by atoms with van der Waals surface area (Å²) >= 11 is 3.38. The summed E-state index contributed by atoms with van der Waals surface area (Å²) in [6, 6.07) is 25.4. The van der Waals surface area contributed by atoms with Crippen LogP contribution in [0.4, 0.5) is 24.5 Å². The minimum atomic E-state index is -4.53. The summed E-state index contributed by atoms with van der Waals surface area (Å²) in [6.07, 6.45) is -3.86. The van der Waals surface area contributed by atoms with Crippen LogP contribution in [0.3, 0.4) is 0 Å². The second-order valence-corrected chi connectivity index (χ2v) is 9.21. The van der Waals surface area contributed by atoms with Crippen molar-refractivity contribution in [3.63, 3.8) is 0 Å². The fraction of sp³-hybridized carbons (Fsp3) is 0.103. The van der Waals surface area contributed by atoms with Crippen LogP contribution in [0.15, 0.2) is 102 Å². The van der Waals surface area contributed by atoms with Gasteiger partial charge >= 0.3 is 6.18 Å². The molecule has 4 rings (SSSR count). The third kappa shape index (κ3) is 7.23. The van der Waals surface area contributed by atoms with E-state index in [1.54, 1.807) is 30.3 Å². The summed E-state index contributed by atoms with van der Waals surface area (Å²) in [5.74, 6) is -0.663. The van der Waals surface area contributed by atoms with E-state index in [0.29, 0.717) is 34.5 Å². The lowest BCUT2D eigenvalue weighted by Gasteiger charge is -2.13. The van der Waals surface area contributed by atoms with Gasteiger partial charge in [0, 0.05) is 27.8 Å². The highest BCUT2D eigenvalue weighted by Gasteiger charge is 2.30. The van der Waals surface area contributed by atoms with Gasteiger partial charge in [0.1, 0.15) is 5.75 Å². The number of amides is 2. The predicted molar refractivity (Wildman–Crippen MR) is 144 cm³/mol. The molecule has 0 bridgehead atoms. The zero-order chi connectivity index (χ0) is 27.1. The van der Waals surface area contributed by atoms with Gasteiger partial charge in [-0.25, -0.2) is 0 Å². The molecule has 194 valence electrons. The Morgan fingerprint density at radius 2 is 1.45 bits per heavy atom. The van der Waals surface area contributed by atoms with Crippen molar-refractivity contribution in [2.75, 3.05) is 17.2 Å². The minimum absolute atomic E-state index is 0.00527. The Morgan fingerprint density at radius 1 is 0.763 bits per heavy atom. The van der Waals surface area contributed by atoms with Gasteiger partial charge in [0.15, 0.2) is 0 Å². The van der Waals surface area contributed by atoms with Gasteiger partial charge in [-0.3, -0.25) is 9.59 Å². The van der Waals surface area contributed by atoms with E-state index >= 15 is 0 Å². The van der Waals surface area contributed by atoms with E-state index in [9.17, 15) is 22.8 Å². The molecule has 4 aromatic carbocycles. The van der Waals surface area contributed by atoms with Crippen molar-refractivity contribution in [3.05, 3.63) is 124 Å². The molecule has 0 saturated carbocycles. The van der Waals surface area contributed by atoms with E-state index in [1.165, 1.54) is 24.3 Å². The number of ether oxygens (including phenoxy) is 1. The Labute approximate surface area is 225 Å². The molecule has 5 nitrogen and oxygen atoms in total. The SMILES string of the molecule is O=C(Nc1cccc(C(F)(F)F)c1)c1cccc(NC(=O)c2cc(Br)ccc2OCCc2ccccc2)c1. The number of hydrogen-bond donors (Lipinski definition) is 2. The topological polar surface area (TPSA) is 67.4 Å². The number of benzene rings is 4. The largest absolute Gasteiger partial charge is 0.492 e. The number of anilines is 2. The zero-order valence-electron chi connectivity index (χ0n) is 19.9. The van der Waals surface area contributed by atoms with Crippen molar-refractivity contribution in [2.45, 2.75) is 12.6 Å². The van der Waals surface area contributed by atoms with Gasteiger partial charge in [-0.15, -0.1) is 0 Å². The molecule has 9 heteroatoms. The van der Waals surface area contributed by atoms with Crippen LogP contribution in [0.2, 0.25) is 0 Å². The van der Waals surface area contributed by atoms with Gasteiger partial charge in [0.05, 0.1) is 17.7 Å². The highest BCUT2D eigenvalue weighted by Crippen LogP contribution is 2.31. The Balaban J connectivity index is 1.44. The van der Waals surface area contributed by atoms with E-state index in [1.807, 2.05) is 30.3 Å². The van der Waals surface area contributed by atoms with E-state index in [-0.39, 0.29) is 11.3 Å². The lowest BCUT2D eigenvalue weighted by molar-refractivity contribution is -0.137. The van der Waals surface area contributed by atoms with Gasteiger partial charge in [0.2, 0.25) is 0 Å². The van der Waals surface area contributed by atoms with Gasteiger partial charge in [-0.2, -0.15) is 13.2 Å². The number of alkyl halides is 3. The summed E-state index contributed by atoms with van der Waals surface area (Å²) in [7, 11) is 0. The van der Waals surface area contributed by atoms with E-state index in [4.69, 9.17) is 4.74 Å². The molecule has 0 spiro atoms. The first-order chi connectivity index (χ1) is 18.2. The zero-order valence-corrected chi connectivity index (χ0v) is 21.5. The van der Waals surface area contributed by atoms with Crippen molar-refractivity contribution in [1.82, 2.24) is 0 Å². The second kappa shape index (κ2) is 12.0. The lowest BCUT2D eigenvalue weighted by Crippen LogP contribution is -2.16. The van der Waals surface area contributed by atoms with Crippen molar-refractivity contribution < 1.29 is 27.5 Å². The van der Waals surface area contributed by atoms with Crippen LogP contribution in [0, 0.1) is 0 Å². The molecule has 0 aliphatic carbocycles. The molecule has 4 aromatic rings. The maximum Gasteiger partial charge on any atom is 0.416 e. The van der Waals surface area contributed by atoms with Crippen LogP contribution in [0.1, 0.15) is 31.8 Å². The van der Waals surface area contributed by atoms with Crippen LogP contribution in [0.5, 0.6) is 5.75 Å². The summed E-state index contributed by atoms with van der Waals surface area (Å²) in [5, 5.41) is 5.21. The van der Waals surface area contributed by atoms with Crippen LogP contribution in [0.25, 0.3) is 0 Å². The number of halogens is 4. The molecular weight excluding hydrogens is 561 g/mol. The number of rotatable bonds is 8. The molecule has 0 aromatic heterocycles. The fourth-order valence-electron chi connectivity index (χ4n) is 3.64. The summed E-state index contributed by atoms with van der Waals surface area (Å²) in [5.41, 5.74) is 1.04. The van der Waals surface area contributed by atoms with Crippen LogP contribution in [-0.2, 0) is 12.6 Å². The molecule has 0 heterocycles. The predicted octanol–water partition coefficient (Wildman–Crippen LogP) is 7.59. The maximum atomic E-state index is 13.1. The molecule has 0 saturated heterocycles. The molecule has 0 aliphatic heterocycles. The molecule has 0 aliphatic rings. The van der Waals surface area contributed by atoms with Crippen molar-refractivity contribution in [1.29, 1.82) is 0 Å². The van der Waals surface area contributed by atoms with Crippen molar-refractivity contribution in [2.24, 2.45) is 0 Å². The highest BCUT2D eigenvalue weighted by molar-refractivity contribution is 9.10. The maximum absolute atomic E-state index is 13.1. The highest BCUT2D eigenvalue weighted by atomic mass is 79.9. The Hall–Kier alpha value is -4.11. The molecule has 2 amide bonds. The molecule has 0 radical (unpaired) electrons. The van der Waals surface area contributed by atoms with Crippen LogP contribution >= 0.6 is 15.9 Å². The average Bonchev–Trinajstić information content (AvgIpc) is 2.90. The van der Waals surface area contributed by atoms with E-state index in [2.05, 4.69) is 26.6 Å². The third-order valence-electron chi connectivity index (χ3n) is 5.51. The monoisotopic (exact) mass is 582 g/mol. The van der Waals surface area contributed by atoms with Gasteiger partial charge in [-0.1, -0.05) is 58.4 Å². The van der Waals surface area contributed by atoms with Crippen LogP contribution in [-0.4, -0.2) is 18.4 Å². The summed E-state index contributed by atoms with van der Waals surface area (Å²) in [6.45, 7) is 0.372. The first-order valence-electron chi connectivity index (χ1n) is 11.6.